The van der Waals surface area contributed by atoms with Crippen LogP contribution in [0.15, 0.2) is 50.4 Å². The fourth-order valence-corrected chi connectivity index (χ4v) is 3.45. The van der Waals surface area contributed by atoms with E-state index in [9.17, 15) is 14.4 Å². The predicted octanol–water partition coefficient (Wildman–Crippen LogP) is 1.00. The first-order valence-electron chi connectivity index (χ1n) is 9.16. The summed E-state index contributed by atoms with van der Waals surface area (Å²) in [6.07, 6.45) is 3.77. The van der Waals surface area contributed by atoms with E-state index in [1.807, 2.05) is 0 Å². The number of amides is 2. The van der Waals surface area contributed by atoms with Crippen LogP contribution in [0.2, 0.25) is 0 Å². The van der Waals surface area contributed by atoms with Crippen LogP contribution in [0.5, 0.6) is 0 Å². The Morgan fingerprint density at radius 3 is 2.87 bits per heavy atom. The Morgan fingerprint density at radius 2 is 2.07 bits per heavy atom. The largest absolute Gasteiger partial charge is 0.420 e. The van der Waals surface area contributed by atoms with E-state index in [-0.39, 0.29) is 18.7 Å². The van der Waals surface area contributed by atoms with Gasteiger partial charge < -0.3 is 8.94 Å². The van der Waals surface area contributed by atoms with Crippen LogP contribution in [0, 0.1) is 0 Å². The van der Waals surface area contributed by atoms with Crippen LogP contribution in [0.1, 0.15) is 30.3 Å². The molecule has 1 saturated heterocycles. The third-order valence-electron chi connectivity index (χ3n) is 4.86. The van der Waals surface area contributed by atoms with Crippen molar-refractivity contribution in [2.24, 2.45) is 0 Å². The Bertz CT molecular complexity index is 1320. The van der Waals surface area contributed by atoms with Crippen LogP contribution in [0.4, 0.5) is 0 Å². The SMILES string of the molecule is O=C1CCC(n2c(=O)oc3ccc(Cc4nc(-c5ccnnc5)no4)cc32)C(=O)N1. The highest BCUT2D eigenvalue weighted by molar-refractivity contribution is 6.00. The molecule has 1 unspecified atom stereocenters. The fraction of sp³-hybridized carbons (Fsp3) is 0.211. The number of carbonyl (C=O) groups is 2. The highest BCUT2D eigenvalue weighted by Gasteiger charge is 2.31. The summed E-state index contributed by atoms with van der Waals surface area (Å²) in [6, 6.07) is 6.08. The maximum atomic E-state index is 12.4. The molecule has 0 aliphatic carbocycles. The summed E-state index contributed by atoms with van der Waals surface area (Å²) in [7, 11) is 0. The topological polar surface area (TPSA) is 146 Å². The minimum absolute atomic E-state index is 0.157. The zero-order valence-corrected chi connectivity index (χ0v) is 15.4. The molecule has 3 aromatic heterocycles. The minimum Gasteiger partial charge on any atom is -0.408 e. The molecular weight excluding hydrogens is 392 g/mol. The van der Waals surface area contributed by atoms with Gasteiger partial charge in [0.15, 0.2) is 5.58 Å². The van der Waals surface area contributed by atoms with E-state index < -0.39 is 17.7 Å². The third kappa shape index (κ3) is 3.15. The molecule has 1 aliphatic rings. The van der Waals surface area contributed by atoms with Crippen LogP contribution in [0.3, 0.4) is 0 Å². The molecule has 4 heterocycles. The smallest absolute Gasteiger partial charge is 0.408 e. The van der Waals surface area contributed by atoms with Crippen molar-refractivity contribution in [3.05, 3.63) is 58.7 Å². The van der Waals surface area contributed by atoms with E-state index in [1.54, 1.807) is 24.3 Å². The molecule has 1 aromatic carbocycles. The van der Waals surface area contributed by atoms with Crippen molar-refractivity contribution in [3.63, 3.8) is 0 Å². The monoisotopic (exact) mass is 406 g/mol. The molecule has 150 valence electrons. The van der Waals surface area contributed by atoms with Gasteiger partial charge in [-0.05, 0) is 30.2 Å². The number of benzene rings is 1. The highest BCUT2D eigenvalue weighted by atomic mass is 16.5. The number of oxazole rings is 1. The summed E-state index contributed by atoms with van der Waals surface area (Å²) >= 11 is 0. The van der Waals surface area contributed by atoms with Crippen molar-refractivity contribution in [2.45, 2.75) is 25.3 Å². The molecule has 4 aromatic rings. The van der Waals surface area contributed by atoms with Crippen LogP contribution in [-0.4, -0.2) is 36.7 Å². The Morgan fingerprint density at radius 1 is 1.17 bits per heavy atom. The maximum absolute atomic E-state index is 12.4. The molecule has 30 heavy (non-hydrogen) atoms. The first-order valence-corrected chi connectivity index (χ1v) is 9.16. The van der Waals surface area contributed by atoms with Gasteiger partial charge in [0.1, 0.15) is 6.04 Å². The molecule has 11 heteroatoms. The summed E-state index contributed by atoms with van der Waals surface area (Å²) < 4.78 is 11.9. The third-order valence-corrected chi connectivity index (χ3v) is 4.86. The lowest BCUT2D eigenvalue weighted by Gasteiger charge is -2.21. The maximum Gasteiger partial charge on any atom is 0.420 e. The van der Waals surface area contributed by atoms with Gasteiger partial charge in [-0.25, -0.2) is 4.79 Å². The first kappa shape index (κ1) is 17.9. The summed E-state index contributed by atoms with van der Waals surface area (Å²) in [5.74, 6) is -0.755. The van der Waals surface area contributed by atoms with E-state index in [1.165, 1.54) is 17.0 Å². The molecule has 1 aliphatic heterocycles. The molecular formula is C19H14N6O5. The van der Waals surface area contributed by atoms with Crippen molar-refractivity contribution < 1.29 is 18.5 Å². The van der Waals surface area contributed by atoms with E-state index >= 15 is 0 Å². The number of nitrogens with one attached hydrogen (secondary N) is 1. The summed E-state index contributed by atoms with van der Waals surface area (Å²) in [5.41, 5.74) is 2.27. The van der Waals surface area contributed by atoms with Gasteiger partial charge in [0.05, 0.1) is 24.3 Å². The summed E-state index contributed by atoms with van der Waals surface area (Å²) in [6.45, 7) is 0. The van der Waals surface area contributed by atoms with Crippen molar-refractivity contribution in [2.75, 3.05) is 0 Å². The van der Waals surface area contributed by atoms with E-state index in [2.05, 4.69) is 25.7 Å². The number of hydrogen-bond donors (Lipinski definition) is 1. The number of fused-ring (bicyclic) bond motifs is 1. The second-order valence-electron chi connectivity index (χ2n) is 6.83. The summed E-state index contributed by atoms with van der Waals surface area (Å²) in [5, 5.41) is 13.7. The molecule has 11 nitrogen and oxygen atoms in total. The van der Waals surface area contributed by atoms with Gasteiger partial charge in [-0.2, -0.15) is 15.2 Å². The van der Waals surface area contributed by atoms with Crippen LogP contribution < -0.4 is 11.1 Å². The molecule has 1 fully saturated rings. The molecule has 0 saturated carbocycles. The number of hydrogen-bond acceptors (Lipinski definition) is 9. The molecule has 2 amide bonds. The van der Waals surface area contributed by atoms with Crippen molar-refractivity contribution in [1.82, 2.24) is 30.2 Å². The number of piperidine rings is 1. The standard InChI is InChI=1S/C19H14N6O5/c26-15-4-2-12(18(27)22-15)25-13-7-10(1-3-14(13)29-19(25)28)8-16-23-17(24-30-16)11-5-6-20-21-9-11/h1,3,5-7,9,12H,2,4,8H2,(H,22,26,27). The van der Waals surface area contributed by atoms with Gasteiger partial charge >= 0.3 is 5.76 Å². The Hall–Kier alpha value is -4.15. The lowest BCUT2D eigenvalue weighted by molar-refractivity contribution is -0.135. The second-order valence-corrected chi connectivity index (χ2v) is 6.83. The van der Waals surface area contributed by atoms with E-state index in [0.29, 0.717) is 34.8 Å². The Labute approximate surface area is 167 Å². The van der Waals surface area contributed by atoms with Gasteiger partial charge in [0.2, 0.25) is 23.5 Å². The average molecular weight is 406 g/mol. The highest BCUT2D eigenvalue weighted by Crippen LogP contribution is 2.25. The van der Waals surface area contributed by atoms with Crippen LogP contribution >= 0.6 is 0 Å². The van der Waals surface area contributed by atoms with Gasteiger partial charge in [0, 0.05) is 12.0 Å². The number of carbonyl (C=O) groups excluding carboxylic acids is 2. The predicted molar refractivity (Wildman–Crippen MR) is 100 cm³/mol. The zero-order chi connectivity index (χ0) is 20.7. The molecule has 0 radical (unpaired) electrons. The average Bonchev–Trinajstić information content (AvgIpc) is 3.33. The fourth-order valence-electron chi connectivity index (χ4n) is 3.45. The number of imide groups is 1. The van der Waals surface area contributed by atoms with Gasteiger partial charge in [-0.15, -0.1) is 0 Å². The normalized spacial score (nSPS) is 16.7. The van der Waals surface area contributed by atoms with E-state index in [4.69, 9.17) is 8.94 Å². The van der Waals surface area contributed by atoms with Crippen molar-refractivity contribution >= 4 is 22.9 Å². The van der Waals surface area contributed by atoms with Gasteiger partial charge in [0.25, 0.3) is 0 Å². The molecule has 5 rings (SSSR count). The van der Waals surface area contributed by atoms with Crippen molar-refractivity contribution in [3.8, 4) is 11.4 Å². The molecule has 0 bridgehead atoms. The molecule has 1 atom stereocenters. The van der Waals surface area contributed by atoms with Crippen LogP contribution in [0.25, 0.3) is 22.5 Å². The van der Waals surface area contributed by atoms with Gasteiger partial charge in [-0.1, -0.05) is 11.2 Å². The van der Waals surface area contributed by atoms with E-state index in [0.717, 1.165) is 5.56 Å². The van der Waals surface area contributed by atoms with Crippen molar-refractivity contribution in [1.29, 1.82) is 0 Å². The quantitative estimate of drug-likeness (QED) is 0.490. The first-order chi connectivity index (χ1) is 14.6. The van der Waals surface area contributed by atoms with Gasteiger partial charge in [-0.3, -0.25) is 19.5 Å². The lowest BCUT2D eigenvalue weighted by atomic mass is 10.1. The van der Waals surface area contributed by atoms with Crippen LogP contribution in [-0.2, 0) is 16.0 Å². The number of nitrogens with zero attached hydrogens (tertiary/aromatic N) is 5. The lowest BCUT2D eigenvalue weighted by Crippen LogP contribution is -2.43. The Kier molecular flexibility index (Phi) is 4.20. The Balaban J connectivity index is 1.47. The minimum atomic E-state index is -0.805. The molecule has 0 spiro atoms. The number of rotatable bonds is 4. The summed E-state index contributed by atoms with van der Waals surface area (Å²) in [4.78, 5) is 40.4. The second kappa shape index (κ2) is 7.03. The molecule has 1 N–H and O–H groups in total. The number of aromatic nitrogens is 5. The zero-order valence-electron chi connectivity index (χ0n) is 15.4.